The first-order valence-electron chi connectivity index (χ1n) is 4.92. The molecule has 0 saturated carbocycles. The molecular weight excluding hydrogens is 180 g/mol. The smallest absolute Gasteiger partial charge is 0.250 e. The first-order chi connectivity index (χ1) is 6.36. The van der Waals surface area contributed by atoms with Gasteiger partial charge in [-0.05, 0) is 33.9 Å². The Balaban J connectivity index is 3.85. The van der Waals surface area contributed by atoms with Gasteiger partial charge in [-0.2, -0.15) is 0 Å². The van der Waals surface area contributed by atoms with Gasteiger partial charge < -0.3 is 14.9 Å². The van der Waals surface area contributed by atoms with Gasteiger partial charge in [-0.1, -0.05) is 0 Å². The number of nitrogens with zero attached hydrogens (tertiary/aromatic N) is 2. The van der Waals surface area contributed by atoms with Crippen molar-refractivity contribution in [3.05, 3.63) is 0 Å². The highest BCUT2D eigenvalue weighted by molar-refractivity contribution is 5.79. The van der Waals surface area contributed by atoms with Crippen molar-refractivity contribution in [3.63, 3.8) is 0 Å². The zero-order valence-corrected chi connectivity index (χ0v) is 9.82. The van der Waals surface area contributed by atoms with E-state index in [0.717, 1.165) is 6.42 Å². The van der Waals surface area contributed by atoms with Gasteiger partial charge in [0.2, 0.25) is 0 Å². The molecule has 4 heteroatoms. The van der Waals surface area contributed by atoms with Crippen molar-refractivity contribution in [2.75, 3.05) is 28.2 Å². The quantitative estimate of drug-likeness (QED) is 0.691. The van der Waals surface area contributed by atoms with Gasteiger partial charge in [0.1, 0.15) is 6.10 Å². The molecule has 0 spiro atoms. The van der Waals surface area contributed by atoms with Crippen LogP contribution in [0.5, 0.6) is 0 Å². The fourth-order valence-corrected chi connectivity index (χ4v) is 1.08. The molecule has 2 atom stereocenters. The Kier molecular flexibility index (Phi) is 5.72. The Morgan fingerprint density at radius 3 is 2.07 bits per heavy atom. The number of hydrogen-bond donors (Lipinski definition) is 1. The molecule has 1 amide bonds. The van der Waals surface area contributed by atoms with Crippen molar-refractivity contribution in [1.29, 1.82) is 0 Å². The lowest BCUT2D eigenvalue weighted by atomic mass is 10.1. The normalized spacial score (nSPS) is 15.4. The third-order valence-corrected chi connectivity index (χ3v) is 2.47. The van der Waals surface area contributed by atoms with Gasteiger partial charge in [0.05, 0.1) is 0 Å². The molecular formula is C10H22N2O2. The zero-order valence-electron chi connectivity index (χ0n) is 9.82. The molecule has 0 aliphatic carbocycles. The van der Waals surface area contributed by atoms with Crippen molar-refractivity contribution >= 4 is 5.91 Å². The van der Waals surface area contributed by atoms with Gasteiger partial charge in [0, 0.05) is 20.1 Å². The summed E-state index contributed by atoms with van der Waals surface area (Å²) in [5.74, 6) is -0.212. The topological polar surface area (TPSA) is 43.8 Å². The molecule has 0 saturated heterocycles. The van der Waals surface area contributed by atoms with Crippen LogP contribution < -0.4 is 0 Å². The summed E-state index contributed by atoms with van der Waals surface area (Å²) in [5, 5.41) is 9.51. The van der Waals surface area contributed by atoms with Crippen LogP contribution >= 0.6 is 0 Å². The molecule has 14 heavy (non-hydrogen) atoms. The predicted octanol–water partition coefficient (Wildman–Crippen LogP) is 0.166. The average molecular weight is 202 g/mol. The summed E-state index contributed by atoms with van der Waals surface area (Å²) in [6.45, 7) is 2.08. The number of rotatable bonds is 5. The number of amides is 1. The SMILES string of the molecule is CC(CCC(O)C(=O)N(C)C)N(C)C. The first kappa shape index (κ1) is 13.4. The maximum atomic E-state index is 11.3. The molecule has 2 unspecified atom stereocenters. The summed E-state index contributed by atoms with van der Waals surface area (Å²) in [6.07, 6.45) is 0.497. The molecule has 0 aliphatic heterocycles. The molecule has 0 radical (unpaired) electrons. The number of aliphatic hydroxyl groups excluding tert-OH is 1. The van der Waals surface area contributed by atoms with Crippen LogP contribution in [0.2, 0.25) is 0 Å². The summed E-state index contributed by atoms with van der Waals surface area (Å²) in [7, 11) is 7.29. The van der Waals surface area contributed by atoms with E-state index < -0.39 is 6.10 Å². The molecule has 0 aromatic rings. The molecule has 0 rings (SSSR count). The monoisotopic (exact) mass is 202 g/mol. The summed E-state index contributed by atoms with van der Waals surface area (Å²) >= 11 is 0. The molecule has 4 nitrogen and oxygen atoms in total. The number of aliphatic hydroxyl groups is 1. The minimum absolute atomic E-state index is 0.212. The summed E-state index contributed by atoms with van der Waals surface area (Å²) in [4.78, 5) is 14.8. The molecule has 0 fully saturated rings. The molecule has 0 heterocycles. The average Bonchev–Trinajstić information content (AvgIpc) is 2.11. The third kappa shape index (κ3) is 4.58. The lowest BCUT2D eigenvalue weighted by Crippen LogP contribution is -2.35. The third-order valence-electron chi connectivity index (χ3n) is 2.47. The van der Waals surface area contributed by atoms with E-state index in [4.69, 9.17) is 0 Å². The summed E-state index contributed by atoms with van der Waals surface area (Å²) < 4.78 is 0. The lowest BCUT2D eigenvalue weighted by molar-refractivity contribution is -0.137. The van der Waals surface area contributed by atoms with Gasteiger partial charge in [-0.3, -0.25) is 4.79 Å². The van der Waals surface area contributed by atoms with E-state index >= 15 is 0 Å². The zero-order chi connectivity index (χ0) is 11.3. The summed E-state index contributed by atoms with van der Waals surface area (Å²) in [5.41, 5.74) is 0. The van der Waals surface area contributed by atoms with Crippen LogP contribution in [0.4, 0.5) is 0 Å². The number of carbonyl (C=O) groups excluding carboxylic acids is 1. The standard InChI is InChI=1S/C10H22N2O2/c1-8(11(2)3)6-7-9(13)10(14)12(4)5/h8-9,13H,6-7H2,1-5H3. The van der Waals surface area contributed by atoms with E-state index in [2.05, 4.69) is 11.8 Å². The first-order valence-corrected chi connectivity index (χ1v) is 4.92. The van der Waals surface area contributed by atoms with Crippen LogP contribution in [0.1, 0.15) is 19.8 Å². The van der Waals surface area contributed by atoms with Crippen molar-refractivity contribution < 1.29 is 9.90 Å². The van der Waals surface area contributed by atoms with Crippen LogP contribution in [0.3, 0.4) is 0 Å². The van der Waals surface area contributed by atoms with Gasteiger partial charge >= 0.3 is 0 Å². The predicted molar refractivity (Wildman–Crippen MR) is 57.1 cm³/mol. The lowest BCUT2D eigenvalue weighted by Gasteiger charge is -2.21. The van der Waals surface area contributed by atoms with Crippen LogP contribution in [0.25, 0.3) is 0 Å². The van der Waals surface area contributed by atoms with E-state index in [1.54, 1.807) is 14.1 Å². The Labute approximate surface area is 86.5 Å². The van der Waals surface area contributed by atoms with Crippen molar-refractivity contribution in [2.45, 2.75) is 31.9 Å². The fraction of sp³-hybridized carbons (Fsp3) is 0.900. The second-order valence-corrected chi connectivity index (χ2v) is 4.14. The fourth-order valence-electron chi connectivity index (χ4n) is 1.08. The van der Waals surface area contributed by atoms with Crippen molar-refractivity contribution in [1.82, 2.24) is 9.80 Å². The van der Waals surface area contributed by atoms with Gasteiger partial charge in [0.25, 0.3) is 5.91 Å². The minimum atomic E-state index is -0.854. The van der Waals surface area contributed by atoms with Crippen molar-refractivity contribution in [3.8, 4) is 0 Å². The molecule has 0 aliphatic rings. The largest absolute Gasteiger partial charge is 0.383 e. The summed E-state index contributed by atoms with van der Waals surface area (Å²) in [6, 6.07) is 0.389. The molecule has 0 aromatic carbocycles. The highest BCUT2D eigenvalue weighted by atomic mass is 16.3. The van der Waals surface area contributed by atoms with Crippen LogP contribution in [0.15, 0.2) is 0 Å². The molecule has 1 N–H and O–H groups in total. The van der Waals surface area contributed by atoms with Crippen LogP contribution in [-0.4, -0.2) is 61.2 Å². The molecule has 84 valence electrons. The van der Waals surface area contributed by atoms with E-state index in [-0.39, 0.29) is 5.91 Å². The molecule has 0 aromatic heterocycles. The maximum Gasteiger partial charge on any atom is 0.250 e. The van der Waals surface area contributed by atoms with E-state index in [1.165, 1.54) is 4.90 Å². The number of likely N-dealkylation sites (N-methyl/N-ethyl adjacent to an activating group) is 1. The molecule has 0 bridgehead atoms. The van der Waals surface area contributed by atoms with Gasteiger partial charge in [-0.25, -0.2) is 0 Å². The Morgan fingerprint density at radius 2 is 1.71 bits per heavy atom. The number of hydrogen-bond acceptors (Lipinski definition) is 3. The second kappa shape index (κ2) is 5.98. The Bertz CT molecular complexity index is 181. The second-order valence-electron chi connectivity index (χ2n) is 4.14. The van der Waals surface area contributed by atoms with E-state index in [1.807, 2.05) is 14.1 Å². The highest BCUT2D eigenvalue weighted by Crippen LogP contribution is 2.06. The van der Waals surface area contributed by atoms with Gasteiger partial charge in [0.15, 0.2) is 0 Å². The van der Waals surface area contributed by atoms with E-state index in [9.17, 15) is 9.90 Å². The van der Waals surface area contributed by atoms with Crippen LogP contribution in [0, 0.1) is 0 Å². The van der Waals surface area contributed by atoms with E-state index in [0.29, 0.717) is 12.5 Å². The van der Waals surface area contributed by atoms with Crippen molar-refractivity contribution in [2.24, 2.45) is 0 Å². The Hall–Kier alpha value is -0.610. The van der Waals surface area contributed by atoms with Crippen LogP contribution in [-0.2, 0) is 4.79 Å². The number of carbonyl (C=O) groups is 1. The van der Waals surface area contributed by atoms with Gasteiger partial charge in [-0.15, -0.1) is 0 Å². The Morgan fingerprint density at radius 1 is 1.21 bits per heavy atom. The highest BCUT2D eigenvalue weighted by Gasteiger charge is 2.17. The maximum absolute atomic E-state index is 11.3. The minimum Gasteiger partial charge on any atom is -0.383 e.